The maximum Gasteiger partial charge on any atom is 0.311 e. The fourth-order valence-corrected chi connectivity index (χ4v) is 10.3. The maximum absolute atomic E-state index is 14.3. The first-order chi connectivity index (χ1) is 24.2. The quantitative estimate of drug-likeness (QED) is 0.363. The third kappa shape index (κ3) is 7.75. The largest absolute Gasteiger partial charge is 0.489 e. The summed E-state index contributed by atoms with van der Waals surface area (Å²) in [7, 11) is 5.37. The van der Waals surface area contributed by atoms with Crippen molar-refractivity contribution in [2.24, 2.45) is 17.8 Å². The van der Waals surface area contributed by atoms with Gasteiger partial charge in [0.05, 0.1) is 29.8 Å². The number of hydrogen-bond donors (Lipinski definition) is 2. The summed E-state index contributed by atoms with van der Waals surface area (Å²) in [6.07, 6.45) is -6.36. The Morgan fingerprint density at radius 2 is 1.69 bits per heavy atom. The third-order valence-corrected chi connectivity index (χ3v) is 13.2. The van der Waals surface area contributed by atoms with Gasteiger partial charge in [-0.1, -0.05) is 20.8 Å². The number of ether oxygens (including phenoxy) is 7. The highest BCUT2D eigenvalue weighted by Crippen LogP contribution is 2.49. The molecule has 1 unspecified atom stereocenters. The molecule has 0 saturated carbocycles. The van der Waals surface area contributed by atoms with Crippen molar-refractivity contribution in [2.45, 2.75) is 179 Å². The highest BCUT2D eigenvalue weighted by molar-refractivity contribution is 7.75. The SMILES string of the molecule is CC[C@H]1OC(=O)[C@H](C)[C@@H](O[C@H]2C[C@@](C)(OC)[C@@H](O)[C@H](C)O2)[C@H](C)[C@@H](O[C@@H]2O[C@H](C)C[C@H](N(C)C)[C@H]2O)[C@@]2(C)CC(C)=C(O2)[C@H](C)[C@H]2OS(=O)O[C@@]21C. The molecule has 5 aliphatic heterocycles. The van der Waals surface area contributed by atoms with Crippen LogP contribution in [0.4, 0.5) is 0 Å². The predicted octanol–water partition coefficient (Wildman–Crippen LogP) is 3.53. The molecule has 2 bridgehead atoms. The second-order valence-corrected chi connectivity index (χ2v) is 17.4. The second-order valence-electron chi connectivity index (χ2n) is 16.7. The number of aliphatic hydroxyl groups is 2. The number of methoxy groups -OCH3 is 1. The van der Waals surface area contributed by atoms with Gasteiger partial charge in [0.25, 0.3) is 0 Å². The fourth-order valence-electron chi connectivity index (χ4n) is 9.23. The molecular formula is C37H63NO13S. The lowest BCUT2D eigenvalue weighted by Gasteiger charge is -2.48. The lowest BCUT2D eigenvalue weighted by molar-refractivity contribution is -0.316. The molecule has 2 N–H and O–H groups in total. The Kier molecular flexibility index (Phi) is 12.7. The Morgan fingerprint density at radius 3 is 2.31 bits per heavy atom. The summed E-state index contributed by atoms with van der Waals surface area (Å²) >= 11 is -2.08. The minimum Gasteiger partial charge on any atom is -0.489 e. The van der Waals surface area contributed by atoms with E-state index >= 15 is 0 Å². The number of hydrogen-bond acceptors (Lipinski definition) is 14. The molecule has 52 heavy (non-hydrogen) atoms. The summed E-state index contributed by atoms with van der Waals surface area (Å²) in [5, 5.41) is 22.6. The average Bonchev–Trinajstić information content (AvgIpc) is 3.57. The maximum atomic E-state index is 14.3. The molecule has 5 aliphatic rings. The van der Waals surface area contributed by atoms with Crippen molar-refractivity contribution < 1.29 is 60.7 Å². The Hall–Kier alpha value is -1.24. The van der Waals surface area contributed by atoms with Crippen LogP contribution in [0.2, 0.25) is 0 Å². The van der Waals surface area contributed by atoms with Crippen LogP contribution in [0.3, 0.4) is 0 Å². The van der Waals surface area contributed by atoms with Crippen LogP contribution < -0.4 is 0 Å². The van der Waals surface area contributed by atoms with Crippen LogP contribution in [-0.4, -0.2) is 131 Å². The van der Waals surface area contributed by atoms with Crippen LogP contribution in [0.25, 0.3) is 0 Å². The molecule has 0 aromatic rings. The van der Waals surface area contributed by atoms with Gasteiger partial charge < -0.3 is 48.3 Å². The van der Waals surface area contributed by atoms with Gasteiger partial charge in [0.15, 0.2) is 12.6 Å². The van der Waals surface area contributed by atoms with Crippen molar-refractivity contribution in [3.63, 3.8) is 0 Å². The number of rotatable bonds is 7. The zero-order chi connectivity index (χ0) is 38.7. The number of carbonyl (C=O) groups is 1. The van der Waals surface area contributed by atoms with Crippen LogP contribution in [0.5, 0.6) is 0 Å². The van der Waals surface area contributed by atoms with E-state index in [9.17, 15) is 19.2 Å². The summed E-state index contributed by atoms with van der Waals surface area (Å²) < 4.78 is 70.0. The van der Waals surface area contributed by atoms with E-state index in [1.165, 1.54) is 7.11 Å². The van der Waals surface area contributed by atoms with Gasteiger partial charge in [-0.15, -0.1) is 0 Å². The van der Waals surface area contributed by atoms with Crippen LogP contribution in [0.15, 0.2) is 11.3 Å². The standard InChI is InChI=1S/C37H63NO13S/c1-14-25-37(10)32(50-52(42)51-37)20(4)28-18(2)16-36(9,49-28)31(48-34-27(39)24(38(11)12)15-19(3)44-34)21(5)29(22(6)33(41)46-25)47-26-17-35(8,43-13)30(40)23(7)45-26/h19-27,29-32,34,39-40H,14-17H2,1-13H3/t19-,20+,21+,22-,23+,24+,25-,26+,27-,29+,30+,31-,32-,34+,35-,36-,37-,52?/m1/s1. The molecule has 4 fully saturated rings. The van der Waals surface area contributed by atoms with Crippen LogP contribution in [0.1, 0.15) is 94.9 Å². The first kappa shape index (κ1) is 41.9. The molecule has 18 atom stereocenters. The lowest BCUT2D eigenvalue weighted by Crippen LogP contribution is -2.60. The van der Waals surface area contributed by atoms with Crippen molar-refractivity contribution >= 4 is 17.3 Å². The van der Waals surface area contributed by atoms with E-state index in [4.69, 9.17) is 41.5 Å². The third-order valence-electron chi connectivity index (χ3n) is 12.3. The molecule has 300 valence electrons. The molecule has 5 rings (SSSR count). The number of fused-ring (bicyclic) bond motifs is 3. The minimum atomic E-state index is -2.08. The van der Waals surface area contributed by atoms with Gasteiger partial charge in [-0.3, -0.25) is 13.2 Å². The first-order valence-corrected chi connectivity index (χ1v) is 19.8. The predicted molar refractivity (Wildman–Crippen MR) is 190 cm³/mol. The van der Waals surface area contributed by atoms with Gasteiger partial charge in [-0.2, -0.15) is 4.21 Å². The van der Waals surface area contributed by atoms with Crippen LogP contribution in [-0.2, 0) is 57.7 Å². The zero-order valence-electron chi connectivity index (χ0n) is 33.2. The molecule has 0 amide bonds. The second kappa shape index (κ2) is 15.7. The van der Waals surface area contributed by atoms with Gasteiger partial charge >= 0.3 is 17.3 Å². The number of likely N-dealkylation sites (N-methyl/N-ethyl adjacent to an activating group) is 1. The van der Waals surface area contributed by atoms with Gasteiger partial charge in [0.1, 0.15) is 47.5 Å². The Morgan fingerprint density at radius 1 is 1.02 bits per heavy atom. The highest BCUT2D eigenvalue weighted by atomic mass is 32.2. The van der Waals surface area contributed by atoms with Crippen LogP contribution >= 0.6 is 0 Å². The molecule has 0 aliphatic carbocycles. The first-order valence-electron chi connectivity index (χ1n) is 18.8. The van der Waals surface area contributed by atoms with E-state index in [0.717, 1.165) is 5.57 Å². The number of nitrogens with zero attached hydrogens (tertiary/aromatic N) is 1. The van der Waals surface area contributed by atoms with E-state index in [1.807, 2.05) is 60.5 Å². The summed E-state index contributed by atoms with van der Waals surface area (Å²) in [6.45, 7) is 18.7. The molecule has 0 radical (unpaired) electrons. The topological polar surface area (TPSA) is 161 Å². The fraction of sp³-hybridized carbons (Fsp3) is 0.919. The average molecular weight is 762 g/mol. The van der Waals surface area contributed by atoms with E-state index in [0.29, 0.717) is 25.0 Å². The monoisotopic (exact) mass is 761 g/mol. The normalized spacial score (nSPS) is 50.5. The Labute approximate surface area is 311 Å². The molecule has 15 heteroatoms. The van der Waals surface area contributed by atoms with E-state index < -0.39 is 107 Å². The van der Waals surface area contributed by atoms with Crippen molar-refractivity contribution in [3.05, 3.63) is 11.3 Å². The van der Waals surface area contributed by atoms with Crippen molar-refractivity contribution in [1.82, 2.24) is 4.90 Å². The van der Waals surface area contributed by atoms with Gasteiger partial charge in [-0.25, -0.2) is 0 Å². The Balaban J connectivity index is 1.62. The number of cyclic esters (lactones) is 1. The van der Waals surface area contributed by atoms with Gasteiger partial charge in [-0.05, 0) is 81.0 Å². The lowest BCUT2D eigenvalue weighted by atomic mass is 9.78. The zero-order valence-corrected chi connectivity index (χ0v) is 34.0. The number of esters is 1. The van der Waals surface area contributed by atoms with Crippen molar-refractivity contribution in [3.8, 4) is 0 Å². The van der Waals surface area contributed by atoms with E-state index in [1.54, 1.807) is 27.7 Å². The molecule has 4 saturated heterocycles. The van der Waals surface area contributed by atoms with E-state index in [2.05, 4.69) is 0 Å². The summed E-state index contributed by atoms with van der Waals surface area (Å²) in [5.74, 6) is -1.84. The van der Waals surface area contributed by atoms with E-state index in [-0.39, 0.29) is 18.6 Å². The molecular weight excluding hydrogens is 698 g/mol. The summed E-state index contributed by atoms with van der Waals surface area (Å²) in [6, 6.07) is -0.230. The molecule has 0 spiro atoms. The van der Waals surface area contributed by atoms with Gasteiger partial charge in [0.2, 0.25) is 0 Å². The van der Waals surface area contributed by atoms with Crippen LogP contribution in [0, 0.1) is 17.8 Å². The summed E-state index contributed by atoms with van der Waals surface area (Å²) in [5.41, 5.74) is -2.34. The molecule has 5 heterocycles. The van der Waals surface area contributed by atoms with Gasteiger partial charge in [0, 0.05) is 37.8 Å². The number of carbonyl (C=O) groups excluding carboxylic acids is 1. The van der Waals surface area contributed by atoms with Crippen molar-refractivity contribution in [2.75, 3.05) is 21.2 Å². The smallest absolute Gasteiger partial charge is 0.311 e. The Bertz CT molecular complexity index is 1350. The number of aliphatic hydroxyl groups excluding tert-OH is 2. The highest BCUT2D eigenvalue weighted by Gasteiger charge is 2.60. The minimum absolute atomic E-state index is 0.183. The van der Waals surface area contributed by atoms with Crippen molar-refractivity contribution in [1.29, 1.82) is 0 Å². The summed E-state index contributed by atoms with van der Waals surface area (Å²) in [4.78, 5) is 16.3. The molecule has 14 nitrogen and oxygen atoms in total. The molecule has 0 aromatic carbocycles. The molecule has 0 aromatic heterocycles.